The molecule has 0 fully saturated rings. The van der Waals surface area contributed by atoms with E-state index in [2.05, 4.69) is 9.84 Å². The number of rotatable bonds is 9. The number of hydrogen-bond acceptors (Lipinski definition) is 5. The maximum atomic E-state index is 11.0. The van der Waals surface area contributed by atoms with Crippen LogP contribution < -0.4 is 0 Å². The smallest absolute Gasteiger partial charge is 0.354 e. The van der Waals surface area contributed by atoms with Gasteiger partial charge in [0, 0.05) is 13.0 Å². The normalized spacial score (nSPS) is 10.5. The number of nitrogens with zero attached hydrogens (tertiary/aromatic N) is 2. The van der Waals surface area contributed by atoms with Crippen molar-refractivity contribution in [1.82, 2.24) is 9.78 Å². The number of carboxylic acids is 1. The van der Waals surface area contributed by atoms with Crippen LogP contribution in [-0.4, -0.2) is 47.1 Å². The largest absolute Gasteiger partial charge is 0.477 e. The van der Waals surface area contributed by atoms with Crippen LogP contribution in [0.1, 0.15) is 35.4 Å². The number of carbonyl (C=O) groups excluding carboxylic acids is 1. The number of esters is 1. The van der Waals surface area contributed by atoms with Crippen molar-refractivity contribution in [3.63, 3.8) is 0 Å². The second-order valence-corrected chi connectivity index (χ2v) is 4.34. The van der Waals surface area contributed by atoms with Gasteiger partial charge in [-0.15, -0.1) is 0 Å². The third-order valence-corrected chi connectivity index (χ3v) is 2.72. The summed E-state index contributed by atoms with van der Waals surface area (Å²) < 4.78 is 11.3. The number of aromatic nitrogens is 2. The fourth-order valence-electron chi connectivity index (χ4n) is 1.72. The highest BCUT2D eigenvalue weighted by molar-refractivity contribution is 5.85. The van der Waals surface area contributed by atoms with Crippen LogP contribution in [0.3, 0.4) is 0 Å². The highest BCUT2D eigenvalue weighted by atomic mass is 16.5. The van der Waals surface area contributed by atoms with Gasteiger partial charge in [-0.25, -0.2) is 4.79 Å². The van der Waals surface area contributed by atoms with Crippen LogP contribution >= 0.6 is 0 Å². The molecule has 0 bridgehead atoms. The average molecular weight is 284 g/mol. The molecule has 7 nitrogen and oxygen atoms in total. The molecule has 1 heterocycles. The summed E-state index contributed by atoms with van der Waals surface area (Å²) in [7, 11) is 1.37. The van der Waals surface area contributed by atoms with Gasteiger partial charge in [0.15, 0.2) is 0 Å². The van der Waals surface area contributed by atoms with E-state index in [1.54, 1.807) is 6.92 Å². The van der Waals surface area contributed by atoms with Gasteiger partial charge in [-0.05, 0) is 25.8 Å². The average Bonchev–Trinajstić information content (AvgIpc) is 2.78. The van der Waals surface area contributed by atoms with Gasteiger partial charge < -0.3 is 14.6 Å². The van der Waals surface area contributed by atoms with E-state index in [4.69, 9.17) is 9.84 Å². The minimum Gasteiger partial charge on any atom is -0.477 e. The summed E-state index contributed by atoms with van der Waals surface area (Å²) in [6, 6.07) is 1.53. The third-order valence-electron chi connectivity index (χ3n) is 2.72. The molecule has 0 radical (unpaired) electrons. The Balaban J connectivity index is 2.18. The first-order chi connectivity index (χ1) is 9.54. The molecule has 0 atom stereocenters. The molecule has 1 aromatic rings. The fraction of sp³-hybridized carbons (Fsp3) is 0.615. The first kappa shape index (κ1) is 16.2. The molecule has 0 aromatic carbocycles. The van der Waals surface area contributed by atoms with Crippen LogP contribution in [0.15, 0.2) is 6.07 Å². The van der Waals surface area contributed by atoms with E-state index in [9.17, 15) is 9.59 Å². The summed E-state index contributed by atoms with van der Waals surface area (Å²) in [6.07, 6.45) is 1.87. The minimum atomic E-state index is -0.997. The number of aromatic carboxylic acids is 1. The topological polar surface area (TPSA) is 90.7 Å². The van der Waals surface area contributed by atoms with E-state index in [1.165, 1.54) is 17.9 Å². The van der Waals surface area contributed by atoms with Crippen molar-refractivity contribution >= 4 is 11.9 Å². The number of unbranched alkanes of at least 4 members (excludes halogenated alkanes) is 1. The number of aryl methyl sites for hydroxylation is 1. The summed E-state index contributed by atoms with van der Waals surface area (Å²) >= 11 is 0. The van der Waals surface area contributed by atoms with E-state index >= 15 is 0 Å². The lowest BCUT2D eigenvalue weighted by molar-refractivity contribution is -0.140. The predicted molar refractivity (Wildman–Crippen MR) is 70.6 cm³/mol. The van der Waals surface area contributed by atoms with Gasteiger partial charge in [0.25, 0.3) is 0 Å². The Kier molecular flexibility index (Phi) is 6.72. The third kappa shape index (κ3) is 5.40. The van der Waals surface area contributed by atoms with Crippen molar-refractivity contribution < 1.29 is 24.2 Å². The molecule has 0 aliphatic heterocycles. The molecule has 1 N–H and O–H groups in total. The Hall–Kier alpha value is -1.89. The molecule has 1 aromatic heterocycles. The molecule has 0 amide bonds. The molecular weight excluding hydrogens is 264 g/mol. The lowest BCUT2D eigenvalue weighted by atomic mass is 10.2. The molecule has 20 heavy (non-hydrogen) atoms. The van der Waals surface area contributed by atoms with E-state index in [-0.39, 0.29) is 11.7 Å². The number of ether oxygens (including phenoxy) is 2. The van der Waals surface area contributed by atoms with Gasteiger partial charge in [-0.3, -0.25) is 9.48 Å². The molecule has 0 unspecified atom stereocenters. The number of carboxylic acid groups (broad SMARTS) is 1. The van der Waals surface area contributed by atoms with Crippen LogP contribution in [0.2, 0.25) is 0 Å². The summed E-state index contributed by atoms with van der Waals surface area (Å²) in [6.45, 7) is 3.06. The monoisotopic (exact) mass is 284 g/mol. The van der Waals surface area contributed by atoms with E-state index < -0.39 is 5.97 Å². The molecule has 0 aliphatic carbocycles. The van der Waals surface area contributed by atoms with Crippen LogP contribution in [-0.2, 0) is 20.8 Å². The summed E-state index contributed by atoms with van der Waals surface area (Å²) in [5, 5.41) is 13.1. The van der Waals surface area contributed by atoms with Crippen molar-refractivity contribution in [3.8, 4) is 0 Å². The van der Waals surface area contributed by atoms with E-state index in [0.717, 1.165) is 6.42 Å². The van der Waals surface area contributed by atoms with Crippen LogP contribution in [0.4, 0.5) is 0 Å². The first-order valence-electron chi connectivity index (χ1n) is 6.47. The maximum absolute atomic E-state index is 11.0. The second-order valence-electron chi connectivity index (χ2n) is 4.34. The van der Waals surface area contributed by atoms with Gasteiger partial charge in [0.2, 0.25) is 0 Å². The Morgan fingerprint density at radius 2 is 2.10 bits per heavy atom. The summed E-state index contributed by atoms with van der Waals surface area (Å²) in [5.74, 6) is -1.22. The molecule has 0 saturated carbocycles. The molecule has 7 heteroatoms. The zero-order valence-corrected chi connectivity index (χ0v) is 11.8. The van der Waals surface area contributed by atoms with Crippen molar-refractivity contribution in [2.75, 3.05) is 20.3 Å². The van der Waals surface area contributed by atoms with Crippen molar-refractivity contribution in [3.05, 3.63) is 17.5 Å². The Labute approximate surface area is 117 Å². The molecule has 0 saturated heterocycles. The second kappa shape index (κ2) is 8.31. The zero-order chi connectivity index (χ0) is 15.0. The predicted octanol–water partition coefficient (Wildman–Crippen LogP) is 1.25. The summed E-state index contributed by atoms with van der Waals surface area (Å²) in [5.41, 5.74) is 0.831. The van der Waals surface area contributed by atoms with E-state index in [0.29, 0.717) is 38.3 Å². The quantitative estimate of drug-likeness (QED) is 0.542. The van der Waals surface area contributed by atoms with Gasteiger partial charge in [-0.1, -0.05) is 0 Å². The number of methoxy groups -OCH3 is 1. The standard InChI is InChI=1S/C13H20N2O5/c1-10-9-11(13(17)18)15(14-10)6-8-20-7-4-3-5-12(16)19-2/h9H,3-8H2,1-2H3,(H,17,18). The molecule has 0 spiro atoms. The molecule has 112 valence electrons. The van der Waals surface area contributed by atoms with E-state index in [1.807, 2.05) is 0 Å². The SMILES string of the molecule is COC(=O)CCCCOCCn1nc(C)cc1C(=O)O. The Bertz CT molecular complexity index is 456. The Morgan fingerprint density at radius 1 is 1.35 bits per heavy atom. The lowest BCUT2D eigenvalue weighted by Crippen LogP contribution is -2.14. The van der Waals surface area contributed by atoms with Crippen LogP contribution in [0.25, 0.3) is 0 Å². The zero-order valence-electron chi connectivity index (χ0n) is 11.8. The lowest BCUT2D eigenvalue weighted by Gasteiger charge is -2.06. The highest BCUT2D eigenvalue weighted by Gasteiger charge is 2.11. The molecule has 1 rings (SSSR count). The minimum absolute atomic E-state index is 0.164. The van der Waals surface area contributed by atoms with Gasteiger partial charge in [0.1, 0.15) is 5.69 Å². The van der Waals surface area contributed by atoms with Gasteiger partial charge >= 0.3 is 11.9 Å². The first-order valence-corrected chi connectivity index (χ1v) is 6.47. The maximum Gasteiger partial charge on any atom is 0.354 e. The van der Waals surface area contributed by atoms with Crippen LogP contribution in [0, 0.1) is 6.92 Å². The van der Waals surface area contributed by atoms with Gasteiger partial charge in [-0.2, -0.15) is 5.10 Å². The van der Waals surface area contributed by atoms with Crippen molar-refractivity contribution in [1.29, 1.82) is 0 Å². The van der Waals surface area contributed by atoms with Gasteiger partial charge in [0.05, 0.1) is 26.0 Å². The van der Waals surface area contributed by atoms with Crippen molar-refractivity contribution in [2.24, 2.45) is 0 Å². The Morgan fingerprint density at radius 3 is 2.75 bits per heavy atom. The van der Waals surface area contributed by atoms with Crippen LogP contribution in [0.5, 0.6) is 0 Å². The highest BCUT2D eigenvalue weighted by Crippen LogP contribution is 2.04. The number of hydrogen-bond donors (Lipinski definition) is 1. The number of carbonyl (C=O) groups is 2. The molecule has 0 aliphatic rings. The summed E-state index contributed by atoms with van der Waals surface area (Å²) in [4.78, 5) is 21.8. The fourth-order valence-corrected chi connectivity index (χ4v) is 1.72. The molecular formula is C13H20N2O5. The van der Waals surface area contributed by atoms with Crippen molar-refractivity contribution in [2.45, 2.75) is 32.7 Å².